The Kier molecular flexibility index (Phi) is 4.08. The first-order chi connectivity index (χ1) is 5.13. The van der Waals surface area contributed by atoms with Gasteiger partial charge in [-0.3, -0.25) is 0 Å². The van der Waals surface area contributed by atoms with E-state index in [1.165, 1.54) is 7.11 Å². The number of rotatable bonds is 2. The summed E-state index contributed by atoms with van der Waals surface area (Å²) in [5.74, 6) is -0.367. The zero-order valence-corrected chi connectivity index (χ0v) is 7.34. The molecule has 0 amide bonds. The molecule has 0 N–H and O–H groups in total. The predicted octanol–water partition coefficient (Wildman–Crippen LogP) is 0.780. The number of esters is 1. The SMILES string of the molecule is CC=C=C(C(=O)OC)N(C)C. The molecule has 62 valence electrons. The van der Waals surface area contributed by atoms with Crippen molar-refractivity contribution in [2.45, 2.75) is 6.92 Å². The Morgan fingerprint density at radius 1 is 1.55 bits per heavy atom. The van der Waals surface area contributed by atoms with E-state index in [4.69, 9.17) is 0 Å². The third-order valence-electron chi connectivity index (χ3n) is 1.11. The number of methoxy groups -OCH3 is 1. The Morgan fingerprint density at radius 3 is 2.36 bits per heavy atom. The van der Waals surface area contributed by atoms with Crippen LogP contribution in [0.25, 0.3) is 0 Å². The van der Waals surface area contributed by atoms with E-state index < -0.39 is 0 Å². The maximum absolute atomic E-state index is 11.0. The van der Waals surface area contributed by atoms with Crippen LogP contribution in [-0.4, -0.2) is 32.1 Å². The van der Waals surface area contributed by atoms with Crippen LogP contribution in [-0.2, 0) is 9.53 Å². The molecule has 0 radical (unpaired) electrons. The van der Waals surface area contributed by atoms with Crippen LogP contribution < -0.4 is 0 Å². The monoisotopic (exact) mass is 155 g/mol. The molecule has 0 aliphatic rings. The zero-order chi connectivity index (χ0) is 8.85. The van der Waals surface area contributed by atoms with Gasteiger partial charge < -0.3 is 9.64 Å². The molecule has 3 nitrogen and oxygen atoms in total. The molecule has 3 heteroatoms. The van der Waals surface area contributed by atoms with Gasteiger partial charge in [-0.1, -0.05) is 5.73 Å². The summed E-state index contributed by atoms with van der Waals surface area (Å²) in [6.07, 6.45) is 1.67. The number of hydrogen-bond donors (Lipinski definition) is 0. The fourth-order valence-corrected chi connectivity index (χ4v) is 0.604. The van der Waals surface area contributed by atoms with E-state index in [0.29, 0.717) is 5.70 Å². The lowest BCUT2D eigenvalue weighted by Gasteiger charge is -2.11. The lowest BCUT2D eigenvalue weighted by atomic mass is 10.4. The Labute approximate surface area is 66.9 Å². The molecule has 0 aromatic heterocycles. The molecule has 0 atom stereocenters. The van der Waals surface area contributed by atoms with Gasteiger partial charge in [-0.25, -0.2) is 4.79 Å². The summed E-state index contributed by atoms with van der Waals surface area (Å²) in [6, 6.07) is 0. The van der Waals surface area contributed by atoms with Gasteiger partial charge in [0.1, 0.15) is 0 Å². The molecule has 0 bridgehead atoms. The lowest BCUT2D eigenvalue weighted by Crippen LogP contribution is -2.19. The van der Waals surface area contributed by atoms with Crippen LogP contribution in [0.1, 0.15) is 6.92 Å². The minimum Gasteiger partial charge on any atom is -0.464 e. The van der Waals surface area contributed by atoms with E-state index in [1.54, 1.807) is 32.0 Å². The average Bonchev–Trinajstić information content (AvgIpc) is 1.98. The van der Waals surface area contributed by atoms with Crippen LogP contribution in [0, 0.1) is 0 Å². The van der Waals surface area contributed by atoms with Crippen molar-refractivity contribution in [1.29, 1.82) is 0 Å². The number of carbonyl (C=O) groups is 1. The molecule has 0 aromatic rings. The fraction of sp³-hybridized carbons (Fsp3) is 0.500. The smallest absolute Gasteiger partial charge is 0.362 e. The minimum atomic E-state index is -0.367. The summed E-state index contributed by atoms with van der Waals surface area (Å²) in [6.45, 7) is 1.80. The third kappa shape index (κ3) is 2.92. The lowest BCUT2D eigenvalue weighted by molar-refractivity contribution is -0.137. The van der Waals surface area contributed by atoms with Crippen molar-refractivity contribution in [3.8, 4) is 0 Å². The highest BCUT2D eigenvalue weighted by Crippen LogP contribution is 1.97. The topological polar surface area (TPSA) is 29.5 Å². The molecule has 0 rings (SSSR count). The summed E-state index contributed by atoms with van der Waals surface area (Å²) in [5, 5.41) is 0. The molecule has 0 saturated carbocycles. The van der Waals surface area contributed by atoms with E-state index in [2.05, 4.69) is 10.5 Å². The molecular weight excluding hydrogens is 142 g/mol. The van der Waals surface area contributed by atoms with Crippen molar-refractivity contribution >= 4 is 5.97 Å². The number of nitrogens with zero attached hydrogens (tertiary/aromatic N) is 1. The Balaban J connectivity index is 4.63. The molecule has 0 aromatic carbocycles. The summed E-state index contributed by atoms with van der Waals surface area (Å²) in [7, 11) is 4.88. The summed E-state index contributed by atoms with van der Waals surface area (Å²) in [5.41, 5.74) is 3.20. The average molecular weight is 155 g/mol. The second kappa shape index (κ2) is 4.58. The van der Waals surface area contributed by atoms with Crippen LogP contribution in [0.3, 0.4) is 0 Å². The molecule has 0 spiro atoms. The standard InChI is InChI=1S/C8H13NO2/c1-5-6-7(9(2)3)8(10)11-4/h5H,1-4H3. The van der Waals surface area contributed by atoms with Crippen molar-refractivity contribution in [1.82, 2.24) is 4.90 Å². The van der Waals surface area contributed by atoms with Gasteiger partial charge >= 0.3 is 5.97 Å². The second-order valence-electron chi connectivity index (χ2n) is 2.17. The summed E-state index contributed by atoms with van der Waals surface area (Å²) in [4.78, 5) is 12.6. The molecule has 0 fully saturated rings. The van der Waals surface area contributed by atoms with Crippen LogP contribution in [0.15, 0.2) is 17.5 Å². The van der Waals surface area contributed by atoms with E-state index in [0.717, 1.165) is 0 Å². The Bertz CT molecular complexity index is 200. The van der Waals surface area contributed by atoms with Gasteiger partial charge in [-0.05, 0) is 13.0 Å². The first kappa shape index (κ1) is 9.79. The van der Waals surface area contributed by atoms with Crippen molar-refractivity contribution in [2.75, 3.05) is 21.2 Å². The highest BCUT2D eigenvalue weighted by atomic mass is 16.5. The van der Waals surface area contributed by atoms with Crippen LogP contribution >= 0.6 is 0 Å². The molecule has 11 heavy (non-hydrogen) atoms. The van der Waals surface area contributed by atoms with Gasteiger partial charge in [-0.15, -0.1) is 0 Å². The highest BCUT2D eigenvalue weighted by Gasteiger charge is 2.09. The zero-order valence-electron chi connectivity index (χ0n) is 7.34. The summed E-state index contributed by atoms with van der Waals surface area (Å²) >= 11 is 0. The number of ether oxygens (including phenoxy) is 1. The molecule has 0 aliphatic carbocycles. The van der Waals surface area contributed by atoms with Crippen LogP contribution in [0.2, 0.25) is 0 Å². The van der Waals surface area contributed by atoms with E-state index in [1.807, 2.05) is 0 Å². The van der Waals surface area contributed by atoms with Gasteiger partial charge in [0, 0.05) is 14.1 Å². The number of carbonyl (C=O) groups excluding carboxylic acids is 1. The third-order valence-corrected chi connectivity index (χ3v) is 1.11. The van der Waals surface area contributed by atoms with Crippen molar-refractivity contribution in [3.63, 3.8) is 0 Å². The van der Waals surface area contributed by atoms with Crippen LogP contribution in [0.5, 0.6) is 0 Å². The van der Waals surface area contributed by atoms with E-state index in [-0.39, 0.29) is 5.97 Å². The number of likely N-dealkylation sites (N-methyl/N-ethyl adjacent to an activating group) is 1. The maximum atomic E-state index is 11.0. The largest absolute Gasteiger partial charge is 0.464 e. The first-order valence-electron chi connectivity index (χ1n) is 3.30. The molecule has 0 saturated heterocycles. The van der Waals surface area contributed by atoms with Gasteiger partial charge in [0.2, 0.25) is 0 Å². The minimum absolute atomic E-state index is 0.367. The van der Waals surface area contributed by atoms with Crippen molar-refractivity contribution in [2.24, 2.45) is 0 Å². The van der Waals surface area contributed by atoms with Gasteiger partial charge in [-0.2, -0.15) is 0 Å². The quantitative estimate of drug-likeness (QED) is 0.335. The van der Waals surface area contributed by atoms with Crippen molar-refractivity contribution in [3.05, 3.63) is 17.5 Å². The molecule has 0 aliphatic heterocycles. The first-order valence-corrected chi connectivity index (χ1v) is 3.30. The van der Waals surface area contributed by atoms with Crippen LogP contribution in [0.4, 0.5) is 0 Å². The normalized spacial score (nSPS) is 8.00. The van der Waals surface area contributed by atoms with Crippen molar-refractivity contribution < 1.29 is 9.53 Å². The predicted molar refractivity (Wildman–Crippen MR) is 43.0 cm³/mol. The summed E-state index contributed by atoms with van der Waals surface area (Å²) < 4.78 is 4.53. The second-order valence-corrected chi connectivity index (χ2v) is 2.17. The van der Waals surface area contributed by atoms with Gasteiger partial charge in [0.25, 0.3) is 0 Å². The maximum Gasteiger partial charge on any atom is 0.362 e. The van der Waals surface area contributed by atoms with Gasteiger partial charge in [0.05, 0.1) is 7.11 Å². The molecular formula is C8H13NO2. The molecule has 0 unspecified atom stereocenters. The Hall–Kier alpha value is -1.21. The highest BCUT2D eigenvalue weighted by molar-refractivity contribution is 5.87. The van der Waals surface area contributed by atoms with E-state index in [9.17, 15) is 4.79 Å². The Morgan fingerprint density at radius 2 is 2.09 bits per heavy atom. The van der Waals surface area contributed by atoms with Gasteiger partial charge in [0.15, 0.2) is 5.70 Å². The number of hydrogen-bond acceptors (Lipinski definition) is 3. The fourth-order valence-electron chi connectivity index (χ4n) is 0.604. The molecule has 0 heterocycles. The van der Waals surface area contributed by atoms with E-state index >= 15 is 0 Å².